The summed E-state index contributed by atoms with van der Waals surface area (Å²) in [5.74, 6) is 0.565. The van der Waals surface area contributed by atoms with Crippen LogP contribution in [0.3, 0.4) is 0 Å². The van der Waals surface area contributed by atoms with E-state index in [1.807, 2.05) is 6.07 Å². The molecule has 0 bridgehead atoms. The van der Waals surface area contributed by atoms with Crippen molar-refractivity contribution in [3.63, 3.8) is 0 Å². The largest absolute Gasteiger partial charge is 0.493 e. The fourth-order valence-electron chi connectivity index (χ4n) is 5.31. The van der Waals surface area contributed by atoms with Crippen molar-refractivity contribution in [2.45, 2.75) is 43.2 Å². The zero-order valence-electron chi connectivity index (χ0n) is 18.5. The van der Waals surface area contributed by atoms with Crippen LogP contribution in [0.25, 0.3) is 0 Å². The summed E-state index contributed by atoms with van der Waals surface area (Å²) in [7, 11) is 5.53. The zero-order valence-corrected chi connectivity index (χ0v) is 20.1. The van der Waals surface area contributed by atoms with E-state index in [1.165, 1.54) is 16.9 Å². The highest BCUT2D eigenvalue weighted by molar-refractivity contribution is 7.80. The first-order valence-corrected chi connectivity index (χ1v) is 12.0. The number of ether oxygens (including phenoxy) is 2. The summed E-state index contributed by atoms with van der Waals surface area (Å²) in [5.41, 5.74) is 1.91. The number of rotatable bonds is 6. The molecule has 2 heterocycles. The topological polar surface area (TPSA) is 83.1 Å². The van der Waals surface area contributed by atoms with E-state index in [0.29, 0.717) is 16.8 Å². The van der Waals surface area contributed by atoms with Gasteiger partial charge < -0.3 is 30.1 Å². The summed E-state index contributed by atoms with van der Waals surface area (Å²) >= 11 is 6.69. The number of likely N-dealkylation sites (tertiary alicyclic amines) is 1. The first-order chi connectivity index (χ1) is 15.4. The monoisotopic (exact) mass is 475 g/mol. The lowest BCUT2D eigenvalue weighted by Gasteiger charge is -2.45. The molecule has 3 atom stereocenters. The van der Waals surface area contributed by atoms with Crippen molar-refractivity contribution in [2.75, 3.05) is 33.1 Å². The van der Waals surface area contributed by atoms with Crippen LogP contribution in [0.4, 0.5) is 5.69 Å². The SMILES string of the molecule is COc1ccc([C@@]23CC[C@@H](NC(=S)Nc4ccsc4C(=O)O)C[C@@H]2N(C)CC3)cc1OC. The van der Waals surface area contributed by atoms with Crippen LogP contribution in [-0.4, -0.2) is 61.0 Å². The molecule has 0 unspecified atom stereocenters. The average Bonchev–Trinajstić information content (AvgIpc) is 3.38. The Kier molecular flexibility index (Phi) is 6.60. The van der Waals surface area contributed by atoms with Gasteiger partial charge in [0.15, 0.2) is 16.6 Å². The van der Waals surface area contributed by atoms with E-state index >= 15 is 0 Å². The Morgan fingerprint density at radius 2 is 2.03 bits per heavy atom. The molecule has 2 fully saturated rings. The molecule has 9 heteroatoms. The number of thiocarbonyl (C=S) groups is 1. The van der Waals surface area contributed by atoms with Gasteiger partial charge in [0.2, 0.25) is 0 Å². The number of fused-ring (bicyclic) bond motifs is 1. The number of thiophene rings is 1. The summed E-state index contributed by atoms with van der Waals surface area (Å²) in [6.07, 6.45) is 4.09. The molecule has 0 radical (unpaired) electrons. The Balaban J connectivity index is 1.48. The van der Waals surface area contributed by atoms with Crippen molar-refractivity contribution in [1.29, 1.82) is 0 Å². The van der Waals surface area contributed by atoms with E-state index in [-0.39, 0.29) is 16.3 Å². The Morgan fingerprint density at radius 3 is 2.75 bits per heavy atom. The molecule has 0 amide bonds. The van der Waals surface area contributed by atoms with Gasteiger partial charge in [-0.05, 0) is 80.6 Å². The third kappa shape index (κ3) is 4.16. The van der Waals surface area contributed by atoms with E-state index in [1.54, 1.807) is 25.7 Å². The molecule has 1 aliphatic carbocycles. The number of carboxylic acids is 1. The molecule has 0 spiro atoms. The molecule has 7 nitrogen and oxygen atoms in total. The Hall–Kier alpha value is -2.36. The lowest BCUT2D eigenvalue weighted by Crippen LogP contribution is -2.52. The van der Waals surface area contributed by atoms with Gasteiger partial charge >= 0.3 is 5.97 Å². The molecule has 32 heavy (non-hydrogen) atoms. The zero-order chi connectivity index (χ0) is 22.9. The molecule has 1 aromatic heterocycles. The summed E-state index contributed by atoms with van der Waals surface area (Å²) in [5, 5.41) is 18.0. The molecule has 4 rings (SSSR count). The van der Waals surface area contributed by atoms with E-state index in [9.17, 15) is 9.90 Å². The number of nitrogens with one attached hydrogen (secondary N) is 2. The van der Waals surface area contributed by atoms with Crippen LogP contribution < -0.4 is 20.1 Å². The number of nitrogens with zero attached hydrogens (tertiary/aromatic N) is 1. The van der Waals surface area contributed by atoms with Crippen molar-refractivity contribution >= 4 is 40.3 Å². The van der Waals surface area contributed by atoms with E-state index in [4.69, 9.17) is 21.7 Å². The van der Waals surface area contributed by atoms with E-state index < -0.39 is 5.97 Å². The van der Waals surface area contributed by atoms with Crippen LogP contribution in [0.5, 0.6) is 11.5 Å². The van der Waals surface area contributed by atoms with Crippen LogP contribution >= 0.6 is 23.6 Å². The number of carbonyl (C=O) groups is 1. The first kappa shape index (κ1) is 22.8. The van der Waals surface area contributed by atoms with Crippen LogP contribution in [0, 0.1) is 0 Å². The fraction of sp³-hybridized carbons (Fsp3) is 0.478. The molecular formula is C23H29N3O4S2. The number of benzene rings is 1. The molecule has 3 N–H and O–H groups in total. The number of methoxy groups -OCH3 is 2. The molecule has 1 aromatic carbocycles. The molecule has 2 aromatic rings. The maximum absolute atomic E-state index is 11.4. The summed E-state index contributed by atoms with van der Waals surface area (Å²) in [6, 6.07) is 8.66. The van der Waals surface area contributed by atoms with Gasteiger partial charge in [-0.25, -0.2) is 4.79 Å². The highest BCUT2D eigenvalue weighted by atomic mass is 32.1. The summed E-state index contributed by atoms with van der Waals surface area (Å²) < 4.78 is 11.0. The quantitative estimate of drug-likeness (QED) is 0.542. The number of aromatic carboxylic acids is 1. The second-order valence-corrected chi connectivity index (χ2v) is 9.83. The third-order valence-corrected chi connectivity index (χ3v) is 8.05. The Labute approximate surface area is 197 Å². The van der Waals surface area contributed by atoms with Crippen molar-refractivity contribution in [2.24, 2.45) is 0 Å². The Morgan fingerprint density at radius 1 is 1.25 bits per heavy atom. The van der Waals surface area contributed by atoms with Crippen LogP contribution in [0.1, 0.15) is 40.9 Å². The molecule has 1 aliphatic heterocycles. The van der Waals surface area contributed by atoms with Gasteiger partial charge in [-0.1, -0.05) is 6.07 Å². The first-order valence-electron chi connectivity index (χ1n) is 10.7. The average molecular weight is 476 g/mol. The van der Waals surface area contributed by atoms with Crippen molar-refractivity contribution in [1.82, 2.24) is 10.2 Å². The third-order valence-electron chi connectivity index (χ3n) is 6.93. The van der Waals surface area contributed by atoms with Crippen molar-refractivity contribution < 1.29 is 19.4 Å². The van der Waals surface area contributed by atoms with Gasteiger partial charge in [0, 0.05) is 17.5 Å². The number of likely N-dealkylation sites (N-methyl/N-ethyl adjacent to an activating group) is 1. The normalized spacial score (nSPS) is 25.1. The molecule has 172 valence electrons. The number of hydrogen-bond acceptors (Lipinski definition) is 6. The second-order valence-electron chi connectivity index (χ2n) is 8.51. The van der Waals surface area contributed by atoms with Crippen molar-refractivity contribution in [3.05, 3.63) is 40.1 Å². The molecule has 2 aliphatic rings. The maximum Gasteiger partial charge on any atom is 0.348 e. The number of hydrogen-bond donors (Lipinski definition) is 3. The smallest absolute Gasteiger partial charge is 0.348 e. The van der Waals surface area contributed by atoms with E-state index in [2.05, 4.69) is 34.7 Å². The highest BCUT2D eigenvalue weighted by Crippen LogP contribution is 2.49. The lowest BCUT2D eigenvalue weighted by atomic mass is 9.65. The Bertz CT molecular complexity index is 1010. The minimum absolute atomic E-state index is 0.0748. The molecule has 1 saturated heterocycles. The lowest BCUT2D eigenvalue weighted by molar-refractivity contribution is 0.0703. The fourth-order valence-corrected chi connectivity index (χ4v) is 6.28. The second kappa shape index (κ2) is 9.25. The standard InChI is InChI=1S/C23H29N3O4S2/c1-26-10-9-23(14-4-5-17(29-2)18(12-14)30-3)8-6-15(13-19(23)26)24-22(31)25-16-7-11-32-20(16)21(27)28/h4-5,7,11-12,15,19H,6,8-10,13H2,1-3H3,(H,27,28)(H2,24,25,31)/t15-,19+,23+/m1/s1. The predicted molar refractivity (Wildman–Crippen MR) is 131 cm³/mol. The predicted octanol–water partition coefficient (Wildman–Crippen LogP) is 3.94. The minimum atomic E-state index is -0.949. The minimum Gasteiger partial charge on any atom is -0.493 e. The van der Waals surface area contributed by atoms with Crippen LogP contribution in [0.15, 0.2) is 29.6 Å². The highest BCUT2D eigenvalue weighted by Gasteiger charge is 2.50. The van der Waals surface area contributed by atoms with Gasteiger partial charge in [-0.15, -0.1) is 11.3 Å². The van der Waals surface area contributed by atoms with Crippen LogP contribution in [-0.2, 0) is 5.41 Å². The summed E-state index contributed by atoms with van der Waals surface area (Å²) in [6.45, 7) is 1.05. The maximum atomic E-state index is 11.4. The van der Waals surface area contributed by atoms with Crippen LogP contribution in [0.2, 0.25) is 0 Å². The van der Waals surface area contributed by atoms with Gasteiger partial charge in [0.1, 0.15) is 4.88 Å². The summed E-state index contributed by atoms with van der Waals surface area (Å²) in [4.78, 5) is 14.1. The van der Waals surface area contributed by atoms with Gasteiger partial charge in [0.05, 0.1) is 19.9 Å². The number of carboxylic acid groups (broad SMARTS) is 1. The molecule has 1 saturated carbocycles. The number of anilines is 1. The van der Waals surface area contributed by atoms with Crippen molar-refractivity contribution in [3.8, 4) is 11.5 Å². The van der Waals surface area contributed by atoms with Gasteiger partial charge in [-0.2, -0.15) is 0 Å². The molecular weight excluding hydrogens is 446 g/mol. The van der Waals surface area contributed by atoms with Gasteiger partial charge in [-0.3, -0.25) is 0 Å². The van der Waals surface area contributed by atoms with Gasteiger partial charge in [0.25, 0.3) is 0 Å². The van der Waals surface area contributed by atoms with E-state index in [0.717, 1.165) is 43.7 Å².